The van der Waals surface area contributed by atoms with Crippen LogP contribution in [0.4, 0.5) is 0 Å². The van der Waals surface area contributed by atoms with Crippen LogP contribution < -0.4 is 0 Å². The molecule has 0 bridgehead atoms. The van der Waals surface area contributed by atoms with E-state index < -0.39 is 15.1 Å². The molecule has 0 atom stereocenters. The molecule has 0 unspecified atom stereocenters. The van der Waals surface area contributed by atoms with Gasteiger partial charge in [0.15, 0.2) is 0 Å². The van der Waals surface area contributed by atoms with Crippen LogP contribution in [0.25, 0.3) is 0 Å². The first-order valence-electron chi connectivity index (χ1n) is 10.6. The fraction of sp³-hybridized carbons (Fsp3) is 0.375. The largest absolute Gasteiger partial charge is 0.395 e. The van der Waals surface area contributed by atoms with Gasteiger partial charge in [0.1, 0.15) is 0 Å². The average molecular weight is 442 g/mol. The zero-order valence-corrected chi connectivity index (χ0v) is 19.0. The third kappa shape index (κ3) is 6.03. The number of hydrogen-bond acceptors (Lipinski definition) is 5. The molecule has 0 aliphatic carbocycles. The summed E-state index contributed by atoms with van der Waals surface area (Å²) in [6, 6.07) is 20.1. The molecule has 6 nitrogen and oxygen atoms in total. The summed E-state index contributed by atoms with van der Waals surface area (Å²) in [6.45, 7) is 5.58. The molecule has 0 aliphatic rings. The summed E-state index contributed by atoms with van der Waals surface area (Å²) in [4.78, 5) is 6.44. The van der Waals surface area contributed by atoms with Crippen LogP contribution in [0.5, 0.6) is 0 Å². The molecule has 1 aromatic heterocycles. The highest BCUT2D eigenvalue weighted by molar-refractivity contribution is 7.91. The van der Waals surface area contributed by atoms with E-state index in [9.17, 15) is 13.5 Å². The molecule has 166 valence electrons. The van der Waals surface area contributed by atoms with E-state index in [2.05, 4.69) is 9.88 Å². The van der Waals surface area contributed by atoms with Crippen molar-refractivity contribution in [1.29, 1.82) is 0 Å². The SMILES string of the molecule is CC(C)S(=O)(=O)c1ncc(CN(CCO)Cc2ccccc2)n1CCc1ccccc1. The molecule has 0 spiro atoms. The van der Waals surface area contributed by atoms with Gasteiger partial charge in [0.2, 0.25) is 15.0 Å². The smallest absolute Gasteiger partial charge is 0.228 e. The quantitative estimate of drug-likeness (QED) is 0.494. The second-order valence-electron chi connectivity index (χ2n) is 7.93. The molecule has 0 radical (unpaired) electrons. The Hall–Kier alpha value is -2.48. The van der Waals surface area contributed by atoms with Crippen LogP contribution in [-0.4, -0.2) is 46.4 Å². The molecule has 0 amide bonds. The van der Waals surface area contributed by atoms with Gasteiger partial charge in [-0.25, -0.2) is 13.4 Å². The number of aliphatic hydroxyl groups is 1. The molecule has 0 saturated heterocycles. The normalized spacial score (nSPS) is 12.0. The lowest BCUT2D eigenvalue weighted by Crippen LogP contribution is -2.28. The van der Waals surface area contributed by atoms with Crippen LogP contribution >= 0.6 is 0 Å². The van der Waals surface area contributed by atoms with E-state index >= 15 is 0 Å². The van der Waals surface area contributed by atoms with Gasteiger partial charge in [-0.1, -0.05) is 60.7 Å². The minimum Gasteiger partial charge on any atom is -0.395 e. The van der Waals surface area contributed by atoms with E-state index in [0.29, 0.717) is 32.6 Å². The Balaban J connectivity index is 1.89. The maximum Gasteiger partial charge on any atom is 0.228 e. The van der Waals surface area contributed by atoms with Gasteiger partial charge in [0.05, 0.1) is 23.7 Å². The van der Waals surface area contributed by atoms with Crippen LogP contribution in [-0.2, 0) is 35.9 Å². The Bertz CT molecular complexity index is 1050. The van der Waals surface area contributed by atoms with Crippen molar-refractivity contribution < 1.29 is 13.5 Å². The number of benzene rings is 2. The van der Waals surface area contributed by atoms with Gasteiger partial charge in [-0.05, 0) is 31.4 Å². The molecule has 0 saturated carbocycles. The lowest BCUT2D eigenvalue weighted by Gasteiger charge is -2.23. The van der Waals surface area contributed by atoms with Crippen LogP contribution in [0.1, 0.15) is 30.7 Å². The van der Waals surface area contributed by atoms with E-state index in [1.807, 2.05) is 65.2 Å². The maximum absolute atomic E-state index is 12.9. The van der Waals surface area contributed by atoms with E-state index in [0.717, 1.165) is 16.8 Å². The summed E-state index contributed by atoms with van der Waals surface area (Å²) in [5.41, 5.74) is 3.12. The summed E-state index contributed by atoms with van der Waals surface area (Å²) in [5, 5.41) is 9.14. The molecule has 0 fully saturated rings. The third-order valence-corrected chi connectivity index (χ3v) is 7.37. The number of aryl methyl sites for hydroxylation is 1. The van der Waals surface area contributed by atoms with Crippen LogP contribution in [0.3, 0.4) is 0 Å². The Morgan fingerprint density at radius 1 is 0.968 bits per heavy atom. The average Bonchev–Trinajstić information content (AvgIpc) is 3.17. The highest BCUT2D eigenvalue weighted by Crippen LogP contribution is 2.20. The van der Waals surface area contributed by atoms with Crippen molar-refractivity contribution in [2.75, 3.05) is 13.2 Å². The molecule has 1 N–H and O–H groups in total. The summed E-state index contributed by atoms with van der Waals surface area (Å²) in [6.07, 6.45) is 2.37. The van der Waals surface area contributed by atoms with Crippen LogP contribution in [0.15, 0.2) is 72.0 Å². The van der Waals surface area contributed by atoms with Crippen molar-refractivity contribution >= 4 is 9.84 Å². The molecule has 3 rings (SSSR count). The summed E-state index contributed by atoms with van der Waals surface area (Å²) in [7, 11) is -3.51. The van der Waals surface area contributed by atoms with Gasteiger partial charge in [0.25, 0.3) is 0 Å². The zero-order valence-electron chi connectivity index (χ0n) is 18.2. The van der Waals surface area contributed by atoms with Crippen molar-refractivity contribution in [3.05, 3.63) is 83.7 Å². The van der Waals surface area contributed by atoms with E-state index in [-0.39, 0.29) is 11.8 Å². The second kappa shape index (κ2) is 10.7. The van der Waals surface area contributed by atoms with E-state index in [4.69, 9.17) is 0 Å². The maximum atomic E-state index is 12.9. The van der Waals surface area contributed by atoms with Crippen LogP contribution in [0.2, 0.25) is 0 Å². The standard InChI is InChI=1S/C24H31N3O3S/c1-20(2)31(29,30)24-25-17-23(27(24)14-13-21-9-5-3-6-10-21)19-26(15-16-28)18-22-11-7-4-8-12-22/h3-12,17,20,28H,13-16,18-19H2,1-2H3. The molecule has 0 aliphatic heterocycles. The van der Waals surface area contributed by atoms with E-state index in [1.165, 1.54) is 0 Å². The zero-order chi connectivity index (χ0) is 22.3. The number of sulfone groups is 1. The Morgan fingerprint density at radius 2 is 1.58 bits per heavy atom. The van der Waals surface area contributed by atoms with Gasteiger partial charge < -0.3 is 9.67 Å². The first kappa shape index (κ1) is 23.2. The summed E-state index contributed by atoms with van der Waals surface area (Å²) < 4.78 is 27.7. The number of rotatable bonds is 11. The number of imidazole rings is 1. The minimum atomic E-state index is -3.51. The lowest BCUT2D eigenvalue weighted by atomic mass is 10.1. The second-order valence-corrected chi connectivity index (χ2v) is 10.3. The molecule has 1 heterocycles. The van der Waals surface area contributed by atoms with Crippen molar-refractivity contribution in [1.82, 2.24) is 14.5 Å². The van der Waals surface area contributed by atoms with Crippen molar-refractivity contribution in [2.45, 2.75) is 50.3 Å². The van der Waals surface area contributed by atoms with Crippen molar-refractivity contribution in [2.24, 2.45) is 0 Å². The lowest BCUT2D eigenvalue weighted by molar-refractivity contribution is 0.181. The van der Waals surface area contributed by atoms with Gasteiger partial charge in [-0.3, -0.25) is 4.90 Å². The van der Waals surface area contributed by atoms with E-state index in [1.54, 1.807) is 20.0 Å². The first-order chi connectivity index (χ1) is 14.9. The van der Waals surface area contributed by atoms with Gasteiger partial charge in [0, 0.05) is 26.2 Å². The summed E-state index contributed by atoms with van der Waals surface area (Å²) in [5.74, 6) is 0. The highest BCUT2D eigenvalue weighted by atomic mass is 32.2. The summed E-state index contributed by atoms with van der Waals surface area (Å²) >= 11 is 0. The Morgan fingerprint density at radius 3 is 2.16 bits per heavy atom. The fourth-order valence-corrected chi connectivity index (χ4v) is 4.64. The van der Waals surface area contributed by atoms with Gasteiger partial charge in [-0.15, -0.1) is 0 Å². The molecular formula is C24H31N3O3S. The topological polar surface area (TPSA) is 75.4 Å². The highest BCUT2D eigenvalue weighted by Gasteiger charge is 2.27. The molecule has 7 heteroatoms. The molecule has 31 heavy (non-hydrogen) atoms. The third-order valence-electron chi connectivity index (χ3n) is 5.29. The monoisotopic (exact) mass is 441 g/mol. The van der Waals surface area contributed by atoms with Gasteiger partial charge >= 0.3 is 0 Å². The number of hydrogen-bond donors (Lipinski definition) is 1. The molecule has 2 aromatic carbocycles. The molecular weight excluding hydrogens is 410 g/mol. The Labute approximate surface area is 185 Å². The van der Waals surface area contributed by atoms with Crippen molar-refractivity contribution in [3.8, 4) is 0 Å². The van der Waals surface area contributed by atoms with Crippen molar-refractivity contribution in [3.63, 3.8) is 0 Å². The number of nitrogens with zero attached hydrogens (tertiary/aromatic N) is 3. The minimum absolute atomic E-state index is 0.0299. The number of aromatic nitrogens is 2. The first-order valence-corrected chi connectivity index (χ1v) is 12.2. The number of aliphatic hydroxyl groups excluding tert-OH is 1. The van der Waals surface area contributed by atoms with Gasteiger partial charge in [-0.2, -0.15) is 0 Å². The Kier molecular flexibility index (Phi) is 8.01. The molecule has 3 aromatic rings. The predicted molar refractivity (Wildman–Crippen MR) is 122 cm³/mol. The van der Waals surface area contributed by atoms with Crippen LogP contribution in [0, 0.1) is 0 Å². The fourth-order valence-electron chi connectivity index (χ4n) is 3.51. The predicted octanol–water partition coefficient (Wildman–Crippen LogP) is 3.30.